The Balaban J connectivity index is 2.02. The van der Waals surface area contributed by atoms with Gasteiger partial charge < -0.3 is 10.1 Å². The van der Waals surface area contributed by atoms with Gasteiger partial charge in [-0.2, -0.15) is 0 Å². The molecule has 0 aromatic heterocycles. The third-order valence-electron chi connectivity index (χ3n) is 3.40. The van der Waals surface area contributed by atoms with E-state index in [9.17, 15) is 14.9 Å². The van der Waals surface area contributed by atoms with E-state index in [0.29, 0.717) is 5.02 Å². The summed E-state index contributed by atoms with van der Waals surface area (Å²) in [7, 11) is 0. The number of benzene rings is 2. The maximum atomic E-state index is 12.1. The Labute approximate surface area is 144 Å². The fourth-order valence-corrected chi connectivity index (χ4v) is 2.28. The third-order valence-corrected chi connectivity index (χ3v) is 3.76. The lowest BCUT2D eigenvalue weighted by Crippen LogP contribution is -2.36. The number of hydrogen-bond acceptors (Lipinski definition) is 4. The molecule has 1 amide bonds. The van der Waals surface area contributed by atoms with Gasteiger partial charge in [-0.15, -0.1) is 0 Å². The Morgan fingerprint density at radius 1 is 1.33 bits per heavy atom. The van der Waals surface area contributed by atoms with E-state index in [2.05, 4.69) is 5.32 Å². The van der Waals surface area contributed by atoms with Gasteiger partial charge in [0.15, 0.2) is 11.9 Å². The first-order valence-electron chi connectivity index (χ1n) is 7.31. The summed E-state index contributed by atoms with van der Waals surface area (Å²) in [6.07, 6.45) is -0.881. The molecule has 0 fully saturated rings. The number of rotatable bonds is 6. The Morgan fingerprint density at radius 3 is 2.71 bits per heavy atom. The van der Waals surface area contributed by atoms with Crippen molar-refractivity contribution in [2.75, 3.05) is 0 Å². The molecule has 0 aliphatic carbocycles. The first-order valence-corrected chi connectivity index (χ1v) is 7.69. The van der Waals surface area contributed by atoms with Gasteiger partial charge in [0.2, 0.25) is 0 Å². The molecule has 0 spiro atoms. The van der Waals surface area contributed by atoms with Gasteiger partial charge in [0, 0.05) is 17.6 Å². The van der Waals surface area contributed by atoms with Crippen LogP contribution < -0.4 is 10.1 Å². The van der Waals surface area contributed by atoms with Gasteiger partial charge in [0.1, 0.15) is 0 Å². The highest BCUT2D eigenvalue weighted by atomic mass is 35.5. The molecule has 24 heavy (non-hydrogen) atoms. The predicted molar refractivity (Wildman–Crippen MR) is 91.2 cm³/mol. The standard InChI is InChI=1S/C17H17ClN2O4/c1-11-7-8-16(15(9-11)20(22)23)24-12(2)17(21)19-10-13-5-3-4-6-14(13)18/h3-9,12H,10H2,1-2H3,(H,19,21)/t12-/m1/s1. The molecule has 1 atom stereocenters. The highest BCUT2D eigenvalue weighted by Crippen LogP contribution is 2.28. The Hall–Kier alpha value is -2.60. The summed E-state index contributed by atoms with van der Waals surface area (Å²) < 4.78 is 5.46. The number of carbonyl (C=O) groups is 1. The van der Waals surface area contributed by atoms with E-state index in [-0.39, 0.29) is 23.9 Å². The number of carbonyl (C=O) groups excluding carboxylic acids is 1. The van der Waals surface area contributed by atoms with Crippen molar-refractivity contribution < 1.29 is 14.5 Å². The summed E-state index contributed by atoms with van der Waals surface area (Å²) in [5.41, 5.74) is 1.35. The summed E-state index contributed by atoms with van der Waals surface area (Å²) in [4.78, 5) is 22.7. The minimum Gasteiger partial charge on any atom is -0.474 e. The molecule has 6 nitrogen and oxygen atoms in total. The zero-order chi connectivity index (χ0) is 17.7. The highest BCUT2D eigenvalue weighted by Gasteiger charge is 2.21. The second-order valence-corrected chi connectivity index (χ2v) is 5.70. The predicted octanol–water partition coefficient (Wildman–Crippen LogP) is 3.64. The number of amides is 1. The van der Waals surface area contributed by atoms with Crippen molar-refractivity contribution in [3.63, 3.8) is 0 Å². The van der Waals surface area contributed by atoms with Gasteiger partial charge in [0.05, 0.1) is 4.92 Å². The molecular weight excluding hydrogens is 332 g/mol. The first kappa shape index (κ1) is 17.7. The van der Waals surface area contributed by atoms with Crippen LogP contribution in [-0.2, 0) is 11.3 Å². The van der Waals surface area contributed by atoms with Crippen LogP contribution in [0.1, 0.15) is 18.1 Å². The van der Waals surface area contributed by atoms with E-state index in [4.69, 9.17) is 16.3 Å². The quantitative estimate of drug-likeness (QED) is 0.638. The van der Waals surface area contributed by atoms with Crippen molar-refractivity contribution in [3.8, 4) is 5.75 Å². The van der Waals surface area contributed by atoms with Crippen molar-refractivity contribution in [2.24, 2.45) is 0 Å². The van der Waals surface area contributed by atoms with Crippen LogP contribution in [-0.4, -0.2) is 16.9 Å². The minimum atomic E-state index is -0.881. The zero-order valence-electron chi connectivity index (χ0n) is 13.3. The van der Waals surface area contributed by atoms with Crippen molar-refractivity contribution in [1.82, 2.24) is 5.32 Å². The minimum absolute atomic E-state index is 0.0611. The van der Waals surface area contributed by atoms with Crippen LogP contribution in [0, 0.1) is 17.0 Å². The fourth-order valence-electron chi connectivity index (χ4n) is 2.08. The van der Waals surface area contributed by atoms with Crippen molar-refractivity contribution in [1.29, 1.82) is 0 Å². The van der Waals surface area contributed by atoms with Crippen LogP contribution >= 0.6 is 11.6 Å². The second kappa shape index (κ2) is 7.79. The van der Waals surface area contributed by atoms with Gasteiger partial charge in [-0.05, 0) is 37.1 Å². The van der Waals surface area contributed by atoms with Crippen LogP contribution in [0.25, 0.3) is 0 Å². The topological polar surface area (TPSA) is 81.5 Å². The SMILES string of the molecule is Cc1ccc(O[C@H](C)C(=O)NCc2ccccc2Cl)c([N+](=O)[O-])c1. The smallest absolute Gasteiger partial charge is 0.311 e. The lowest BCUT2D eigenvalue weighted by molar-refractivity contribution is -0.386. The van der Waals surface area contributed by atoms with E-state index >= 15 is 0 Å². The number of nitrogens with one attached hydrogen (secondary N) is 1. The molecule has 0 radical (unpaired) electrons. The second-order valence-electron chi connectivity index (χ2n) is 5.30. The van der Waals surface area contributed by atoms with Gasteiger partial charge in [-0.1, -0.05) is 35.9 Å². The maximum Gasteiger partial charge on any atom is 0.311 e. The molecule has 1 N–H and O–H groups in total. The molecule has 0 unspecified atom stereocenters. The number of nitro benzene ring substituents is 1. The molecule has 2 aromatic carbocycles. The molecule has 0 heterocycles. The molecule has 0 saturated heterocycles. The van der Waals surface area contributed by atoms with Crippen LogP contribution in [0.15, 0.2) is 42.5 Å². The molecule has 0 aliphatic heterocycles. The average Bonchev–Trinajstić information content (AvgIpc) is 2.55. The van der Waals surface area contributed by atoms with Gasteiger partial charge in [0.25, 0.3) is 5.91 Å². The molecule has 0 saturated carbocycles. The summed E-state index contributed by atoms with van der Waals surface area (Å²) in [6.45, 7) is 3.53. The number of nitrogens with zero attached hydrogens (tertiary/aromatic N) is 1. The maximum absolute atomic E-state index is 12.1. The zero-order valence-corrected chi connectivity index (χ0v) is 14.0. The molecule has 7 heteroatoms. The number of ether oxygens (including phenoxy) is 1. The molecule has 2 rings (SSSR count). The number of aryl methyl sites for hydroxylation is 1. The monoisotopic (exact) mass is 348 g/mol. The van der Waals surface area contributed by atoms with Crippen LogP contribution in [0.5, 0.6) is 5.75 Å². The first-order chi connectivity index (χ1) is 11.4. The van der Waals surface area contributed by atoms with Crippen LogP contribution in [0.3, 0.4) is 0 Å². The van der Waals surface area contributed by atoms with Crippen LogP contribution in [0.4, 0.5) is 5.69 Å². The van der Waals surface area contributed by atoms with E-state index in [1.807, 2.05) is 6.07 Å². The Bertz CT molecular complexity index is 764. The molecular formula is C17H17ClN2O4. The lowest BCUT2D eigenvalue weighted by Gasteiger charge is -2.15. The van der Waals surface area contributed by atoms with Crippen molar-refractivity contribution in [3.05, 3.63) is 68.7 Å². The van der Waals surface area contributed by atoms with E-state index in [1.54, 1.807) is 31.2 Å². The van der Waals surface area contributed by atoms with E-state index in [1.165, 1.54) is 19.1 Å². The number of nitro groups is 1. The normalized spacial score (nSPS) is 11.6. The Kier molecular flexibility index (Phi) is 5.76. The van der Waals surface area contributed by atoms with Crippen LogP contribution in [0.2, 0.25) is 5.02 Å². The largest absolute Gasteiger partial charge is 0.474 e. The summed E-state index contributed by atoms with van der Waals surface area (Å²) in [5, 5.41) is 14.3. The van der Waals surface area contributed by atoms with E-state index in [0.717, 1.165) is 11.1 Å². The lowest BCUT2D eigenvalue weighted by atomic mass is 10.2. The number of hydrogen-bond donors (Lipinski definition) is 1. The van der Waals surface area contributed by atoms with Crippen molar-refractivity contribution in [2.45, 2.75) is 26.5 Å². The van der Waals surface area contributed by atoms with Gasteiger partial charge >= 0.3 is 5.69 Å². The van der Waals surface area contributed by atoms with Gasteiger partial charge in [-0.3, -0.25) is 14.9 Å². The summed E-state index contributed by atoms with van der Waals surface area (Å²) >= 11 is 6.03. The van der Waals surface area contributed by atoms with Gasteiger partial charge in [-0.25, -0.2) is 0 Å². The molecule has 2 aromatic rings. The molecule has 0 bridgehead atoms. The number of halogens is 1. The third kappa shape index (κ3) is 4.45. The van der Waals surface area contributed by atoms with E-state index < -0.39 is 11.0 Å². The fraction of sp³-hybridized carbons (Fsp3) is 0.235. The Morgan fingerprint density at radius 2 is 2.04 bits per heavy atom. The average molecular weight is 349 g/mol. The highest BCUT2D eigenvalue weighted by molar-refractivity contribution is 6.31. The summed E-state index contributed by atoms with van der Waals surface area (Å²) in [5.74, 6) is -0.323. The molecule has 126 valence electrons. The van der Waals surface area contributed by atoms with Crippen molar-refractivity contribution >= 4 is 23.2 Å². The summed E-state index contributed by atoms with van der Waals surface area (Å²) in [6, 6.07) is 11.8. The molecule has 0 aliphatic rings.